The van der Waals surface area contributed by atoms with Gasteiger partial charge < -0.3 is 10.7 Å². The smallest absolute Gasteiger partial charge is 0.137 e. The topological polar surface area (TPSA) is 54.7 Å². The van der Waals surface area contributed by atoms with E-state index >= 15 is 0 Å². The van der Waals surface area contributed by atoms with E-state index in [0.717, 1.165) is 11.0 Å². The van der Waals surface area contributed by atoms with Crippen molar-refractivity contribution in [2.45, 2.75) is 19.8 Å². The van der Waals surface area contributed by atoms with E-state index in [4.69, 9.17) is 5.73 Å². The Morgan fingerprint density at radius 2 is 2.23 bits per heavy atom. The van der Waals surface area contributed by atoms with Gasteiger partial charge >= 0.3 is 0 Å². The van der Waals surface area contributed by atoms with Gasteiger partial charge in [0.2, 0.25) is 0 Å². The van der Waals surface area contributed by atoms with Gasteiger partial charge in [0.1, 0.15) is 5.65 Å². The molecule has 0 aliphatic carbocycles. The van der Waals surface area contributed by atoms with E-state index in [1.165, 1.54) is 5.56 Å². The van der Waals surface area contributed by atoms with E-state index in [-0.39, 0.29) is 0 Å². The van der Waals surface area contributed by atoms with Gasteiger partial charge in [-0.3, -0.25) is 0 Å². The van der Waals surface area contributed by atoms with E-state index in [2.05, 4.69) is 23.8 Å². The summed E-state index contributed by atoms with van der Waals surface area (Å²) < 4.78 is 0. The summed E-state index contributed by atoms with van der Waals surface area (Å²) in [5.41, 5.74) is 8.58. The van der Waals surface area contributed by atoms with Crippen molar-refractivity contribution in [1.82, 2.24) is 9.97 Å². The number of nitrogen functional groups attached to an aromatic ring is 1. The molecule has 0 fully saturated rings. The first-order chi connectivity index (χ1) is 6.18. The van der Waals surface area contributed by atoms with Gasteiger partial charge in [0, 0.05) is 11.6 Å². The number of H-pyrrole nitrogens is 1. The summed E-state index contributed by atoms with van der Waals surface area (Å²) in [6, 6.07) is 1.97. The van der Waals surface area contributed by atoms with Gasteiger partial charge in [-0.05, 0) is 17.5 Å². The molecule has 0 aromatic carbocycles. The number of pyridine rings is 1. The maximum Gasteiger partial charge on any atom is 0.137 e. The van der Waals surface area contributed by atoms with Gasteiger partial charge in [0.15, 0.2) is 0 Å². The molecule has 0 unspecified atom stereocenters. The highest BCUT2D eigenvalue weighted by Gasteiger charge is 2.07. The van der Waals surface area contributed by atoms with Crippen molar-refractivity contribution in [1.29, 1.82) is 0 Å². The van der Waals surface area contributed by atoms with Crippen LogP contribution in [0.1, 0.15) is 25.3 Å². The molecule has 2 rings (SSSR count). The Kier molecular flexibility index (Phi) is 1.72. The molecule has 0 spiro atoms. The zero-order valence-electron chi connectivity index (χ0n) is 7.83. The van der Waals surface area contributed by atoms with Gasteiger partial charge in [0.25, 0.3) is 0 Å². The van der Waals surface area contributed by atoms with Gasteiger partial charge in [-0.2, -0.15) is 0 Å². The summed E-state index contributed by atoms with van der Waals surface area (Å²) in [5.74, 6) is 0.498. The summed E-state index contributed by atoms with van der Waals surface area (Å²) in [7, 11) is 0. The molecule has 2 aromatic rings. The maximum absolute atomic E-state index is 5.68. The molecule has 68 valence electrons. The van der Waals surface area contributed by atoms with Crippen LogP contribution in [0.5, 0.6) is 0 Å². The van der Waals surface area contributed by atoms with E-state index in [9.17, 15) is 0 Å². The van der Waals surface area contributed by atoms with Crippen molar-refractivity contribution in [3.05, 3.63) is 24.0 Å². The number of fused-ring (bicyclic) bond motifs is 1. The Balaban J connectivity index is 2.71. The number of aromatic amines is 1. The van der Waals surface area contributed by atoms with Crippen LogP contribution in [0.3, 0.4) is 0 Å². The Morgan fingerprint density at radius 3 is 2.92 bits per heavy atom. The highest BCUT2D eigenvalue weighted by atomic mass is 14.8. The van der Waals surface area contributed by atoms with Crippen molar-refractivity contribution in [2.75, 3.05) is 5.73 Å². The second-order valence-corrected chi connectivity index (χ2v) is 3.56. The van der Waals surface area contributed by atoms with Crippen LogP contribution < -0.4 is 5.73 Å². The fraction of sp³-hybridized carbons (Fsp3) is 0.300. The standard InChI is InChI=1S/C10H13N3/c1-6(2)9-5-13-10-8(9)3-7(11)4-12-10/h3-6H,11H2,1-2H3,(H,12,13). The number of nitrogens with one attached hydrogen (secondary N) is 1. The molecule has 3 N–H and O–H groups in total. The molecule has 0 aliphatic heterocycles. The van der Waals surface area contributed by atoms with Crippen LogP contribution in [0, 0.1) is 0 Å². The molecule has 13 heavy (non-hydrogen) atoms. The molecule has 0 atom stereocenters. The second-order valence-electron chi connectivity index (χ2n) is 3.56. The van der Waals surface area contributed by atoms with Crippen LogP contribution in [0.4, 0.5) is 5.69 Å². The number of hydrogen-bond acceptors (Lipinski definition) is 2. The lowest BCUT2D eigenvalue weighted by atomic mass is 10.0. The predicted molar refractivity (Wildman–Crippen MR) is 54.6 cm³/mol. The SMILES string of the molecule is CC(C)c1c[nH]c2ncc(N)cc12. The Bertz CT molecular complexity index is 429. The monoisotopic (exact) mass is 175 g/mol. The van der Waals surface area contributed by atoms with Gasteiger partial charge in [-0.1, -0.05) is 13.8 Å². The average molecular weight is 175 g/mol. The quantitative estimate of drug-likeness (QED) is 0.698. The highest BCUT2D eigenvalue weighted by molar-refractivity contribution is 5.82. The minimum atomic E-state index is 0.498. The summed E-state index contributed by atoms with van der Waals surface area (Å²) in [6.07, 6.45) is 3.67. The number of aromatic nitrogens is 2. The summed E-state index contributed by atoms with van der Waals surface area (Å²) in [6.45, 7) is 4.32. The number of nitrogens with two attached hydrogens (primary N) is 1. The fourth-order valence-corrected chi connectivity index (χ4v) is 1.52. The van der Waals surface area contributed by atoms with Crippen molar-refractivity contribution in [3.63, 3.8) is 0 Å². The second kappa shape index (κ2) is 2.76. The van der Waals surface area contributed by atoms with Crippen LogP contribution in [-0.4, -0.2) is 9.97 Å². The maximum atomic E-state index is 5.68. The van der Waals surface area contributed by atoms with Crippen molar-refractivity contribution >= 4 is 16.7 Å². The minimum Gasteiger partial charge on any atom is -0.397 e. The normalized spacial score (nSPS) is 11.3. The highest BCUT2D eigenvalue weighted by Crippen LogP contribution is 2.24. The third-order valence-electron chi connectivity index (χ3n) is 2.21. The van der Waals surface area contributed by atoms with E-state index in [1.54, 1.807) is 6.20 Å². The van der Waals surface area contributed by atoms with Crippen molar-refractivity contribution in [2.24, 2.45) is 0 Å². The van der Waals surface area contributed by atoms with Crippen LogP contribution in [-0.2, 0) is 0 Å². The molecule has 0 saturated heterocycles. The molecular weight excluding hydrogens is 162 g/mol. The van der Waals surface area contributed by atoms with E-state index in [1.807, 2.05) is 12.3 Å². The number of rotatable bonds is 1. The molecule has 0 aliphatic rings. The molecule has 3 nitrogen and oxygen atoms in total. The van der Waals surface area contributed by atoms with Gasteiger partial charge in [-0.15, -0.1) is 0 Å². The average Bonchev–Trinajstić information content (AvgIpc) is 2.46. The Labute approximate surface area is 77.0 Å². The lowest BCUT2D eigenvalue weighted by Crippen LogP contribution is -1.88. The van der Waals surface area contributed by atoms with Gasteiger partial charge in [0.05, 0.1) is 11.9 Å². The number of nitrogens with zero attached hydrogens (tertiary/aromatic N) is 1. The zero-order chi connectivity index (χ0) is 9.42. The molecular formula is C10H13N3. The third-order valence-corrected chi connectivity index (χ3v) is 2.21. The molecule has 0 saturated carbocycles. The first kappa shape index (κ1) is 8.10. The van der Waals surface area contributed by atoms with Crippen molar-refractivity contribution < 1.29 is 0 Å². The molecule has 0 bridgehead atoms. The summed E-state index contributed by atoms with van der Waals surface area (Å²) >= 11 is 0. The number of anilines is 1. The molecule has 2 heterocycles. The Hall–Kier alpha value is -1.51. The first-order valence-corrected chi connectivity index (χ1v) is 4.41. The van der Waals surface area contributed by atoms with Crippen molar-refractivity contribution in [3.8, 4) is 0 Å². The van der Waals surface area contributed by atoms with E-state index in [0.29, 0.717) is 11.6 Å². The lowest BCUT2D eigenvalue weighted by molar-refractivity contribution is 0.875. The van der Waals surface area contributed by atoms with Crippen LogP contribution in [0.15, 0.2) is 18.5 Å². The molecule has 3 heteroatoms. The summed E-state index contributed by atoms with van der Waals surface area (Å²) in [5, 5.41) is 1.13. The van der Waals surface area contributed by atoms with Crippen LogP contribution in [0.25, 0.3) is 11.0 Å². The molecule has 0 radical (unpaired) electrons. The van der Waals surface area contributed by atoms with Gasteiger partial charge in [-0.25, -0.2) is 4.98 Å². The molecule has 2 aromatic heterocycles. The molecule has 0 amide bonds. The van der Waals surface area contributed by atoms with E-state index < -0.39 is 0 Å². The fourth-order valence-electron chi connectivity index (χ4n) is 1.52. The largest absolute Gasteiger partial charge is 0.397 e. The van der Waals surface area contributed by atoms with Crippen LogP contribution >= 0.6 is 0 Å². The lowest BCUT2D eigenvalue weighted by Gasteiger charge is -2.01. The third kappa shape index (κ3) is 1.26. The zero-order valence-corrected chi connectivity index (χ0v) is 7.83. The summed E-state index contributed by atoms with van der Waals surface area (Å²) in [4.78, 5) is 7.33. The Morgan fingerprint density at radius 1 is 1.46 bits per heavy atom. The predicted octanol–water partition coefficient (Wildman–Crippen LogP) is 2.27. The number of hydrogen-bond donors (Lipinski definition) is 2. The minimum absolute atomic E-state index is 0.498. The van der Waals surface area contributed by atoms with Crippen LogP contribution in [0.2, 0.25) is 0 Å². The first-order valence-electron chi connectivity index (χ1n) is 4.41.